The highest BCUT2D eigenvalue weighted by Crippen LogP contribution is 2.33. The van der Waals surface area contributed by atoms with Gasteiger partial charge in [0.1, 0.15) is 0 Å². The summed E-state index contributed by atoms with van der Waals surface area (Å²) in [5.41, 5.74) is 6.79. The van der Waals surface area contributed by atoms with E-state index in [-0.39, 0.29) is 10.9 Å². The Morgan fingerprint density at radius 3 is 2.75 bits per heavy atom. The van der Waals surface area contributed by atoms with Crippen molar-refractivity contribution in [3.63, 3.8) is 0 Å². The maximum Gasteiger partial charge on any atom is 0.0276 e. The summed E-state index contributed by atoms with van der Waals surface area (Å²) in [6, 6.07) is 0. The minimum atomic E-state index is -0.0471. The lowest BCUT2D eigenvalue weighted by Crippen LogP contribution is -1.94. The van der Waals surface area contributed by atoms with E-state index in [4.69, 9.17) is 5.73 Å². The standard InChI is InChI=1S/C6H11NS/c1-6-2-3-8(4-6)5-7/h2-4,8H,5,7H2,1H3. The maximum atomic E-state index is 5.43. The molecule has 1 unspecified atom stereocenters. The third-order valence-corrected chi connectivity index (χ3v) is 2.80. The molecule has 2 heteroatoms. The van der Waals surface area contributed by atoms with Gasteiger partial charge >= 0.3 is 0 Å². The first-order chi connectivity index (χ1) is 3.83. The minimum Gasteiger partial charge on any atom is -0.323 e. The lowest BCUT2D eigenvalue weighted by atomic mass is 10.4. The van der Waals surface area contributed by atoms with Gasteiger partial charge in [0.2, 0.25) is 0 Å². The summed E-state index contributed by atoms with van der Waals surface area (Å²) in [5.74, 6) is 0.809. The molecule has 0 aliphatic carbocycles. The molecule has 0 amide bonds. The zero-order valence-electron chi connectivity index (χ0n) is 4.96. The Balaban J connectivity index is 2.55. The van der Waals surface area contributed by atoms with Gasteiger partial charge in [0, 0.05) is 5.88 Å². The summed E-state index contributed by atoms with van der Waals surface area (Å²) in [5, 5.41) is 4.44. The van der Waals surface area contributed by atoms with Gasteiger partial charge in [0.25, 0.3) is 0 Å². The van der Waals surface area contributed by atoms with Crippen molar-refractivity contribution in [2.75, 3.05) is 5.88 Å². The van der Waals surface area contributed by atoms with Crippen LogP contribution in [0, 0.1) is 0 Å². The first kappa shape index (κ1) is 5.92. The third kappa shape index (κ3) is 1.14. The Bertz CT molecular complexity index is 137. The van der Waals surface area contributed by atoms with Crippen molar-refractivity contribution in [2.24, 2.45) is 5.73 Å². The van der Waals surface area contributed by atoms with Crippen LogP contribution in [0.3, 0.4) is 0 Å². The molecule has 0 saturated heterocycles. The van der Waals surface area contributed by atoms with Crippen LogP contribution in [-0.2, 0) is 0 Å². The average molecular weight is 129 g/mol. The van der Waals surface area contributed by atoms with Crippen molar-refractivity contribution < 1.29 is 0 Å². The molecule has 0 spiro atoms. The molecule has 2 N–H and O–H groups in total. The number of nitrogens with two attached hydrogens (primary N) is 1. The maximum absolute atomic E-state index is 5.43. The van der Waals surface area contributed by atoms with E-state index in [1.54, 1.807) is 0 Å². The highest BCUT2D eigenvalue weighted by molar-refractivity contribution is 8.22. The van der Waals surface area contributed by atoms with Crippen LogP contribution in [0.4, 0.5) is 0 Å². The van der Waals surface area contributed by atoms with Gasteiger partial charge in [-0.3, -0.25) is 0 Å². The van der Waals surface area contributed by atoms with Gasteiger partial charge in [0.05, 0.1) is 0 Å². The van der Waals surface area contributed by atoms with Crippen LogP contribution in [0.1, 0.15) is 6.92 Å². The molecule has 1 heterocycles. The second kappa shape index (κ2) is 2.37. The van der Waals surface area contributed by atoms with Gasteiger partial charge in [-0.25, -0.2) is 10.9 Å². The largest absolute Gasteiger partial charge is 0.323 e. The fourth-order valence-electron chi connectivity index (χ4n) is 0.674. The van der Waals surface area contributed by atoms with E-state index in [1.165, 1.54) is 5.57 Å². The number of allylic oxidation sites excluding steroid dienone is 2. The number of thiol groups is 1. The number of rotatable bonds is 1. The van der Waals surface area contributed by atoms with Crippen LogP contribution in [0.15, 0.2) is 22.5 Å². The summed E-state index contributed by atoms with van der Waals surface area (Å²) >= 11 is 0. The second-order valence-corrected chi connectivity index (χ2v) is 3.84. The van der Waals surface area contributed by atoms with E-state index in [1.807, 2.05) is 0 Å². The molecule has 0 aromatic heterocycles. The predicted octanol–water partition coefficient (Wildman–Crippen LogP) is 1.33. The van der Waals surface area contributed by atoms with E-state index in [0.29, 0.717) is 0 Å². The monoisotopic (exact) mass is 129 g/mol. The van der Waals surface area contributed by atoms with Crippen molar-refractivity contribution in [2.45, 2.75) is 6.92 Å². The molecule has 1 rings (SSSR count). The van der Waals surface area contributed by atoms with Crippen LogP contribution in [0.5, 0.6) is 0 Å². The molecule has 1 nitrogen and oxygen atoms in total. The number of hydrogen-bond acceptors (Lipinski definition) is 1. The Morgan fingerprint density at radius 2 is 2.50 bits per heavy atom. The topological polar surface area (TPSA) is 26.0 Å². The van der Waals surface area contributed by atoms with Gasteiger partial charge in [-0.15, -0.1) is 0 Å². The summed E-state index contributed by atoms with van der Waals surface area (Å²) in [6.07, 6.45) is 2.14. The van der Waals surface area contributed by atoms with Crippen LogP contribution < -0.4 is 5.73 Å². The molecule has 8 heavy (non-hydrogen) atoms. The highest BCUT2D eigenvalue weighted by Gasteiger charge is 1.97. The van der Waals surface area contributed by atoms with Crippen LogP contribution >= 0.6 is 10.9 Å². The first-order valence-electron chi connectivity index (χ1n) is 2.65. The molecule has 0 radical (unpaired) electrons. The Labute approximate surface area is 52.6 Å². The van der Waals surface area contributed by atoms with Crippen LogP contribution in [0.25, 0.3) is 0 Å². The van der Waals surface area contributed by atoms with Gasteiger partial charge in [-0.2, -0.15) is 0 Å². The second-order valence-electron chi connectivity index (χ2n) is 1.89. The highest BCUT2D eigenvalue weighted by atomic mass is 32.2. The van der Waals surface area contributed by atoms with E-state index in [2.05, 4.69) is 23.8 Å². The van der Waals surface area contributed by atoms with E-state index >= 15 is 0 Å². The fourth-order valence-corrected chi connectivity index (χ4v) is 2.02. The van der Waals surface area contributed by atoms with Crippen molar-refractivity contribution in [3.05, 3.63) is 22.5 Å². The molecule has 0 aromatic carbocycles. The van der Waals surface area contributed by atoms with Gasteiger partial charge in [-0.05, 0) is 23.3 Å². The van der Waals surface area contributed by atoms with Gasteiger partial charge < -0.3 is 5.73 Å². The van der Waals surface area contributed by atoms with E-state index in [9.17, 15) is 0 Å². The zero-order valence-corrected chi connectivity index (χ0v) is 5.86. The lowest BCUT2D eigenvalue weighted by molar-refractivity contribution is 1.40. The molecular weight excluding hydrogens is 118 g/mol. The quantitative estimate of drug-likeness (QED) is 0.513. The van der Waals surface area contributed by atoms with E-state index in [0.717, 1.165) is 5.88 Å². The van der Waals surface area contributed by atoms with Crippen LogP contribution in [-0.4, -0.2) is 5.88 Å². The summed E-state index contributed by atoms with van der Waals surface area (Å²) in [6.45, 7) is 2.11. The zero-order chi connectivity index (χ0) is 5.98. The smallest absolute Gasteiger partial charge is 0.0276 e. The van der Waals surface area contributed by atoms with Crippen molar-refractivity contribution >= 4 is 10.9 Å². The molecule has 1 aliphatic rings. The SMILES string of the molecule is CC1=C[SH](CN)C=C1. The molecular formula is C6H11NS. The Hall–Kier alpha value is -0.210. The molecule has 0 saturated carbocycles. The Morgan fingerprint density at radius 1 is 1.75 bits per heavy atom. The van der Waals surface area contributed by atoms with Gasteiger partial charge in [0.15, 0.2) is 0 Å². The van der Waals surface area contributed by atoms with Crippen molar-refractivity contribution in [1.29, 1.82) is 0 Å². The third-order valence-electron chi connectivity index (χ3n) is 1.11. The first-order valence-corrected chi connectivity index (χ1v) is 4.32. The average Bonchev–Trinajstić information content (AvgIpc) is 2.14. The summed E-state index contributed by atoms with van der Waals surface area (Å²) < 4.78 is 0. The summed E-state index contributed by atoms with van der Waals surface area (Å²) in [7, 11) is -0.0471. The normalized spacial score (nSPS) is 30.8. The molecule has 0 bridgehead atoms. The Kier molecular flexibility index (Phi) is 1.76. The number of hydrogen-bond donors (Lipinski definition) is 2. The van der Waals surface area contributed by atoms with Crippen LogP contribution in [0.2, 0.25) is 0 Å². The molecule has 1 atom stereocenters. The molecule has 0 fully saturated rings. The lowest BCUT2D eigenvalue weighted by Gasteiger charge is -2.01. The minimum absolute atomic E-state index is 0.0471. The molecule has 1 aliphatic heterocycles. The molecule has 0 aromatic rings. The molecule has 46 valence electrons. The fraction of sp³-hybridized carbons (Fsp3) is 0.333. The van der Waals surface area contributed by atoms with E-state index < -0.39 is 0 Å². The van der Waals surface area contributed by atoms with Gasteiger partial charge in [-0.1, -0.05) is 6.08 Å². The predicted molar refractivity (Wildman–Crippen MR) is 40.9 cm³/mol. The van der Waals surface area contributed by atoms with Crippen molar-refractivity contribution in [3.8, 4) is 0 Å². The summed E-state index contributed by atoms with van der Waals surface area (Å²) in [4.78, 5) is 0. The van der Waals surface area contributed by atoms with Crippen molar-refractivity contribution in [1.82, 2.24) is 0 Å².